The van der Waals surface area contributed by atoms with Gasteiger partial charge in [0.25, 0.3) is 0 Å². The maximum atomic E-state index is 12.6. The van der Waals surface area contributed by atoms with Crippen molar-refractivity contribution in [1.29, 1.82) is 0 Å². The van der Waals surface area contributed by atoms with Crippen molar-refractivity contribution in [3.63, 3.8) is 0 Å². The summed E-state index contributed by atoms with van der Waals surface area (Å²) in [7, 11) is 0. The smallest absolute Gasteiger partial charge is 0.341 e. The number of carbonyl (C=O) groups is 2. The van der Waals surface area contributed by atoms with Gasteiger partial charge in [-0.05, 0) is 41.5 Å². The molecule has 1 aromatic carbocycles. The Morgan fingerprint density at radius 1 is 1.10 bits per heavy atom. The van der Waals surface area contributed by atoms with Gasteiger partial charge in [0.15, 0.2) is 0 Å². The first-order valence-corrected chi connectivity index (χ1v) is 12.4. The van der Waals surface area contributed by atoms with E-state index < -0.39 is 5.97 Å². The highest BCUT2D eigenvalue weighted by Gasteiger charge is 2.23. The molecule has 0 unspecified atom stereocenters. The minimum atomic E-state index is -0.414. The predicted octanol–water partition coefficient (Wildman–Crippen LogP) is 6.68. The number of ether oxygens (including phenoxy) is 1. The molecule has 0 bridgehead atoms. The third kappa shape index (κ3) is 5.53. The van der Waals surface area contributed by atoms with Crippen molar-refractivity contribution < 1.29 is 14.3 Å². The minimum absolute atomic E-state index is 0.101. The summed E-state index contributed by atoms with van der Waals surface area (Å²) in [5.74, 6) is -0.295. The van der Waals surface area contributed by atoms with Gasteiger partial charge in [0.2, 0.25) is 5.91 Å². The van der Waals surface area contributed by atoms with Crippen molar-refractivity contribution in [2.45, 2.75) is 38.0 Å². The van der Waals surface area contributed by atoms with Gasteiger partial charge in [-0.2, -0.15) is 0 Å². The van der Waals surface area contributed by atoms with Gasteiger partial charge in [-0.15, -0.1) is 34.4 Å². The normalized spacial score (nSPS) is 11.3. The highest BCUT2D eigenvalue weighted by molar-refractivity contribution is 8.00. The summed E-state index contributed by atoms with van der Waals surface area (Å²) in [5.41, 5.74) is 2.59. The Kier molecular flexibility index (Phi) is 7.39. The van der Waals surface area contributed by atoms with Crippen molar-refractivity contribution in [3.05, 3.63) is 58.3 Å². The van der Waals surface area contributed by atoms with Crippen LogP contribution in [0.2, 0.25) is 0 Å². The van der Waals surface area contributed by atoms with Crippen molar-refractivity contribution >= 4 is 51.3 Å². The van der Waals surface area contributed by atoms with Crippen LogP contribution in [0.3, 0.4) is 0 Å². The fourth-order valence-corrected chi connectivity index (χ4v) is 5.32. The summed E-state index contributed by atoms with van der Waals surface area (Å²) in [6.45, 7) is 8.58. The van der Waals surface area contributed by atoms with Crippen LogP contribution >= 0.6 is 34.4 Å². The van der Waals surface area contributed by atoms with Gasteiger partial charge in [-0.3, -0.25) is 4.79 Å². The lowest BCUT2D eigenvalue weighted by Gasteiger charge is -2.19. The van der Waals surface area contributed by atoms with Gasteiger partial charge >= 0.3 is 5.97 Å². The van der Waals surface area contributed by atoms with Crippen molar-refractivity contribution in [2.75, 3.05) is 17.7 Å². The zero-order valence-electron chi connectivity index (χ0n) is 17.5. The van der Waals surface area contributed by atoms with Crippen LogP contribution in [0, 0.1) is 0 Å². The van der Waals surface area contributed by atoms with E-state index >= 15 is 0 Å². The summed E-state index contributed by atoms with van der Waals surface area (Å²) < 4.78 is 5.23. The highest BCUT2D eigenvalue weighted by Crippen LogP contribution is 2.38. The number of thiophene rings is 2. The topological polar surface area (TPSA) is 55.4 Å². The van der Waals surface area contributed by atoms with Crippen molar-refractivity contribution in [2.24, 2.45) is 0 Å². The first kappa shape index (κ1) is 22.6. The standard InChI is InChI=1S/C23H25NO3S3/c1-5-27-22(26)20-17(18-7-6-12-28-18)13-30-21(20)24-19(25)14-29-16-10-8-15(9-11-16)23(2,3)4/h6-13H,5,14H2,1-4H3,(H,24,25). The molecule has 0 saturated heterocycles. The lowest BCUT2D eigenvalue weighted by Crippen LogP contribution is -2.16. The molecule has 3 rings (SSSR count). The number of anilines is 1. The molecule has 0 saturated carbocycles. The Morgan fingerprint density at radius 3 is 2.43 bits per heavy atom. The third-order valence-corrected chi connectivity index (χ3v) is 7.21. The highest BCUT2D eigenvalue weighted by atomic mass is 32.2. The number of nitrogens with one attached hydrogen (secondary N) is 1. The van der Waals surface area contributed by atoms with Gasteiger partial charge in [0.05, 0.1) is 12.4 Å². The van der Waals surface area contributed by atoms with E-state index in [9.17, 15) is 9.59 Å². The van der Waals surface area contributed by atoms with Gasteiger partial charge in [-0.1, -0.05) is 39.0 Å². The van der Waals surface area contributed by atoms with Crippen LogP contribution in [0.25, 0.3) is 10.4 Å². The second-order valence-electron chi connectivity index (χ2n) is 7.66. The number of thioether (sulfide) groups is 1. The molecule has 2 heterocycles. The molecule has 1 N–H and O–H groups in total. The monoisotopic (exact) mass is 459 g/mol. The van der Waals surface area contributed by atoms with Gasteiger partial charge in [0.1, 0.15) is 10.6 Å². The van der Waals surface area contributed by atoms with Crippen molar-refractivity contribution in [3.8, 4) is 10.4 Å². The minimum Gasteiger partial charge on any atom is -0.462 e. The summed E-state index contributed by atoms with van der Waals surface area (Å²) in [6, 6.07) is 12.2. The molecule has 0 fully saturated rings. The van der Waals surface area contributed by atoms with Crippen LogP contribution in [-0.2, 0) is 14.9 Å². The number of hydrogen-bond donors (Lipinski definition) is 1. The first-order chi connectivity index (χ1) is 14.3. The van der Waals surface area contributed by atoms with Crippen LogP contribution in [0.4, 0.5) is 5.00 Å². The number of amides is 1. The molecule has 158 valence electrons. The predicted molar refractivity (Wildman–Crippen MR) is 128 cm³/mol. The largest absolute Gasteiger partial charge is 0.462 e. The fraction of sp³-hybridized carbons (Fsp3) is 0.304. The number of rotatable bonds is 7. The maximum Gasteiger partial charge on any atom is 0.341 e. The van der Waals surface area contributed by atoms with Crippen LogP contribution in [0.15, 0.2) is 52.1 Å². The SMILES string of the molecule is CCOC(=O)c1c(-c2cccs2)csc1NC(=O)CSc1ccc(C(C)(C)C)cc1. The number of benzene rings is 1. The second-order valence-corrected chi connectivity index (χ2v) is 10.5. The molecule has 3 aromatic rings. The third-order valence-electron chi connectivity index (χ3n) is 4.40. The average Bonchev–Trinajstić information content (AvgIpc) is 3.36. The van der Waals surface area contributed by atoms with Crippen LogP contribution < -0.4 is 5.32 Å². The lowest BCUT2D eigenvalue weighted by atomic mass is 9.87. The van der Waals surface area contributed by atoms with E-state index in [-0.39, 0.29) is 23.7 Å². The zero-order chi connectivity index (χ0) is 21.7. The van der Waals surface area contributed by atoms with E-state index in [1.165, 1.54) is 28.7 Å². The Hall–Kier alpha value is -2.09. The maximum absolute atomic E-state index is 12.6. The molecule has 4 nitrogen and oxygen atoms in total. The molecule has 7 heteroatoms. The molecule has 0 spiro atoms. The summed E-state index contributed by atoms with van der Waals surface area (Å²) >= 11 is 4.37. The number of esters is 1. The lowest BCUT2D eigenvalue weighted by molar-refractivity contribution is -0.113. The van der Waals surface area contributed by atoms with Crippen LogP contribution in [0.1, 0.15) is 43.6 Å². The molecule has 0 aliphatic heterocycles. The average molecular weight is 460 g/mol. The Balaban J connectivity index is 1.70. The molecule has 2 aromatic heterocycles. The number of hydrogen-bond acceptors (Lipinski definition) is 6. The van der Waals surface area contributed by atoms with E-state index in [0.717, 1.165) is 15.3 Å². The molecule has 0 atom stereocenters. The molecule has 30 heavy (non-hydrogen) atoms. The Morgan fingerprint density at radius 2 is 1.83 bits per heavy atom. The second kappa shape index (κ2) is 9.81. The molecular weight excluding hydrogens is 434 g/mol. The molecule has 0 aliphatic rings. The Bertz CT molecular complexity index is 999. The van der Waals surface area contributed by atoms with E-state index in [0.29, 0.717) is 10.6 Å². The van der Waals surface area contributed by atoms with E-state index in [1.807, 2.05) is 35.0 Å². The first-order valence-electron chi connectivity index (χ1n) is 9.65. The van der Waals surface area contributed by atoms with E-state index in [4.69, 9.17) is 4.74 Å². The van der Waals surface area contributed by atoms with Crippen LogP contribution in [0.5, 0.6) is 0 Å². The van der Waals surface area contributed by atoms with Gasteiger partial charge in [0, 0.05) is 20.7 Å². The molecule has 1 amide bonds. The van der Waals surface area contributed by atoms with Crippen molar-refractivity contribution in [1.82, 2.24) is 0 Å². The summed E-state index contributed by atoms with van der Waals surface area (Å²) in [4.78, 5) is 27.1. The molecule has 0 radical (unpaired) electrons. The summed E-state index contributed by atoms with van der Waals surface area (Å²) in [5, 5.41) is 7.29. The quantitative estimate of drug-likeness (QED) is 0.316. The van der Waals surface area contributed by atoms with E-state index in [1.54, 1.807) is 18.3 Å². The van der Waals surface area contributed by atoms with Crippen LogP contribution in [-0.4, -0.2) is 24.2 Å². The zero-order valence-corrected chi connectivity index (χ0v) is 19.9. The summed E-state index contributed by atoms with van der Waals surface area (Å²) in [6.07, 6.45) is 0. The Labute approximate surface area is 189 Å². The molecule has 0 aliphatic carbocycles. The van der Waals surface area contributed by atoms with Gasteiger partial charge in [-0.25, -0.2) is 4.79 Å². The molecular formula is C23H25NO3S3. The van der Waals surface area contributed by atoms with Gasteiger partial charge < -0.3 is 10.1 Å². The fourth-order valence-electron chi connectivity index (χ4n) is 2.83. The van der Waals surface area contributed by atoms with E-state index in [2.05, 4.69) is 38.2 Å². The number of carbonyl (C=O) groups excluding carboxylic acids is 2.